The van der Waals surface area contributed by atoms with Crippen LogP contribution in [-0.4, -0.2) is 14.7 Å². The van der Waals surface area contributed by atoms with Gasteiger partial charge in [-0.15, -0.1) is 0 Å². The zero-order valence-electron chi connectivity index (χ0n) is 10.2. The third-order valence-corrected chi connectivity index (χ3v) is 0. The van der Waals surface area contributed by atoms with Gasteiger partial charge in [0.2, 0.25) is 0 Å². The molecule has 0 atom stereocenters. The minimum atomic E-state index is -4.64. The zero-order chi connectivity index (χ0) is 4.50. The predicted molar refractivity (Wildman–Crippen MR) is 18.7 cm³/mol. The van der Waals surface area contributed by atoms with Crippen LogP contribution in [0.15, 0.2) is 0 Å². The van der Waals surface area contributed by atoms with Gasteiger partial charge in [-0.25, -0.2) is 4.57 Å². The minimum Gasteiger partial charge on any atom is -1.00 e. The van der Waals surface area contributed by atoms with E-state index < -0.39 is 7.82 Å². The smallest absolute Gasteiger partial charge is 1.00 e. The van der Waals surface area contributed by atoms with Gasteiger partial charge in [-0.1, -0.05) is 0 Å². The van der Waals surface area contributed by atoms with E-state index in [2.05, 4.69) is 0 Å². The van der Waals surface area contributed by atoms with Gasteiger partial charge in [0, 0.05) is 0 Å². The summed E-state index contributed by atoms with van der Waals surface area (Å²) in [6, 6.07) is 0. The van der Waals surface area contributed by atoms with Gasteiger partial charge in [0.25, 0.3) is 0 Å². The van der Waals surface area contributed by atoms with E-state index in [1.807, 2.05) is 0 Å². The molecule has 0 saturated carbocycles. The molecule has 0 aromatic carbocycles. The molecule has 9 heavy (non-hydrogen) atoms. The maximum absolute atomic E-state index is 8.88. The Morgan fingerprint density at radius 2 is 1.00 bits per heavy atom. The van der Waals surface area contributed by atoms with Crippen LogP contribution in [0, 0.1) is 0 Å². The first-order valence-electron chi connectivity index (χ1n) is 0.783. The van der Waals surface area contributed by atoms with Crippen molar-refractivity contribution in [2.45, 2.75) is 0 Å². The fourth-order valence-corrected chi connectivity index (χ4v) is 0. The van der Waals surface area contributed by atoms with Crippen LogP contribution in [0.4, 0.5) is 0 Å². The molecule has 0 aliphatic carbocycles. The molecule has 0 spiro atoms. The van der Waals surface area contributed by atoms with Crippen LogP contribution < -0.4 is 162 Å². The Morgan fingerprint density at radius 3 is 1.00 bits per heavy atom. The first-order chi connectivity index (χ1) is 2.00. The maximum Gasteiger partial charge on any atom is 1.00 e. The van der Waals surface area contributed by atoms with Crippen molar-refractivity contribution in [2.75, 3.05) is 0 Å². The number of hydrogen-bond donors (Lipinski definition) is 3. The van der Waals surface area contributed by atoms with Crippen LogP contribution in [0.2, 0.25) is 0 Å². The third-order valence-electron chi connectivity index (χ3n) is 0. The number of phosphoric acid groups is 1. The summed E-state index contributed by atoms with van der Waals surface area (Å²) in [4.78, 5) is 21.6. The Morgan fingerprint density at radius 1 is 1.00 bits per heavy atom. The van der Waals surface area contributed by atoms with Crippen LogP contribution in [-0.2, 0) is 4.57 Å². The van der Waals surface area contributed by atoms with E-state index in [0.29, 0.717) is 0 Å². The van der Waals surface area contributed by atoms with Gasteiger partial charge < -0.3 is 20.4 Å². The Labute approximate surface area is 189 Å². The van der Waals surface area contributed by atoms with Crippen LogP contribution in [0.25, 0.3) is 0 Å². The van der Waals surface area contributed by atoms with Gasteiger partial charge in [0.15, 0.2) is 0 Å². The molecule has 0 bridgehead atoms. The van der Waals surface area contributed by atoms with Crippen molar-refractivity contribution >= 4 is 7.82 Å². The summed E-state index contributed by atoms with van der Waals surface area (Å²) < 4.78 is 8.88. The normalized spacial score (nSPS) is 6.56. The molecule has 0 aliphatic rings. The largest absolute Gasteiger partial charge is 1.00 e. The molecule has 3 N–H and O–H groups in total. The van der Waals surface area contributed by atoms with Crippen LogP contribution >= 0.6 is 7.82 Å². The van der Waals surface area contributed by atoms with Crippen molar-refractivity contribution in [3.63, 3.8) is 0 Å². The summed E-state index contributed by atoms with van der Waals surface area (Å²) in [5, 5.41) is 0. The second kappa shape index (κ2) is 15.8. The second-order valence-corrected chi connectivity index (χ2v) is 1.54. The summed E-state index contributed by atoms with van der Waals surface area (Å²) in [5.74, 6) is 0. The van der Waals surface area contributed by atoms with Crippen molar-refractivity contribution in [1.82, 2.24) is 0 Å². The molecule has 40 valence electrons. The molecule has 9 heteroatoms. The van der Waals surface area contributed by atoms with Crippen LogP contribution in [0.1, 0.15) is 5.71 Å². The van der Waals surface area contributed by atoms with E-state index >= 15 is 0 Å². The van der Waals surface area contributed by atoms with Crippen molar-refractivity contribution in [3.05, 3.63) is 0 Å². The van der Waals surface area contributed by atoms with Crippen LogP contribution in [0.3, 0.4) is 0 Å². The maximum atomic E-state index is 8.88. The van der Waals surface area contributed by atoms with Crippen molar-refractivity contribution in [1.29, 1.82) is 0 Å². The SMILES string of the molecule is O=P(O)(O)O.[H-].[H-].[H-].[H-].[K+].[K+].[Na+].[Na+]. The van der Waals surface area contributed by atoms with Crippen LogP contribution in [0.5, 0.6) is 0 Å². The van der Waals surface area contributed by atoms with E-state index in [4.69, 9.17) is 19.2 Å². The van der Waals surface area contributed by atoms with Gasteiger partial charge in [-0.2, -0.15) is 0 Å². The molecule has 0 amide bonds. The molecular weight excluding hydrogens is 219 g/mol. The van der Waals surface area contributed by atoms with Crippen molar-refractivity contribution in [3.8, 4) is 0 Å². The summed E-state index contributed by atoms with van der Waals surface area (Å²) >= 11 is 0. The molecule has 0 fully saturated rings. The summed E-state index contributed by atoms with van der Waals surface area (Å²) in [6.07, 6.45) is 0. The van der Waals surface area contributed by atoms with Gasteiger partial charge in [-0.05, 0) is 0 Å². The molecule has 4 nitrogen and oxygen atoms in total. The molecule has 0 radical (unpaired) electrons. The number of hydrogen-bond acceptors (Lipinski definition) is 1. The van der Waals surface area contributed by atoms with E-state index in [-0.39, 0.29) is 168 Å². The fraction of sp³-hybridized carbons (Fsp3) is 0. The summed E-state index contributed by atoms with van der Waals surface area (Å²) in [5.41, 5.74) is 0. The first kappa shape index (κ1) is 29.3. The Balaban J connectivity index is -0.00000000286. The van der Waals surface area contributed by atoms with Crippen molar-refractivity contribution in [2.24, 2.45) is 0 Å². The molecule has 0 saturated heterocycles. The first-order valence-corrected chi connectivity index (χ1v) is 2.35. The van der Waals surface area contributed by atoms with Gasteiger partial charge in [0.1, 0.15) is 0 Å². The van der Waals surface area contributed by atoms with E-state index in [1.54, 1.807) is 0 Å². The average Bonchev–Trinajstić information content (AvgIpc) is 0.722. The molecule has 0 aromatic heterocycles. The summed E-state index contributed by atoms with van der Waals surface area (Å²) in [6.45, 7) is 0. The zero-order valence-corrected chi connectivity index (χ0v) is 17.3. The molecule has 0 unspecified atom stereocenters. The van der Waals surface area contributed by atoms with Gasteiger partial charge in [-0.3, -0.25) is 0 Å². The quantitative estimate of drug-likeness (QED) is 0.283. The standard InChI is InChI=1S/2K.2Na.H3O4P.4H/c;;;;1-5(2,3)4;;;;/h;;;;(H3,1,2,3,4);;;;/q4*+1;;4*-1. The number of rotatable bonds is 0. The van der Waals surface area contributed by atoms with Crippen molar-refractivity contribution < 1.29 is 187 Å². The molecule has 0 aliphatic heterocycles. The average molecular weight is 226 g/mol. The Bertz CT molecular complexity index is 74.3. The minimum absolute atomic E-state index is 0. The predicted octanol–water partition coefficient (Wildman–Crippen LogP) is -12.5. The molecule has 0 rings (SSSR count). The van der Waals surface area contributed by atoms with E-state index in [1.165, 1.54) is 0 Å². The van der Waals surface area contributed by atoms with E-state index in [0.717, 1.165) is 0 Å². The molecule has 0 heterocycles. The fourth-order valence-electron chi connectivity index (χ4n) is 0. The second-order valence-electron chi connectivity index (χ2n) is 0.513. The third kappa shape index (κ3) is 59.8. The monoisotopic (exact) mass is 226 g/mol. The molecule has 0 aromatic rings. The Hall–Kier alpha value is 5.38. The molecular formula is H7K2Na2O4P. The van der Waals surface area contributed by atoms with Gasteiger partial charge in [0.05, 0.1) is 0 Å². The van der Waals surface area contributed by atoms with Gasteiger partial charge >= 0.3 is 170 Å². The van der Waals surface area contributed by atoms with E-state index in [9.17, 15) is 0 Å². The topological polar surface area (TPSA) is 77.8 Å². The Kier molecular flexibility index (Phi) is 51.5. The summed E-state index contributed by atoms with van der Waals surface area (Å²) in [7, 11) is -4.64.